The van der Waals surface area contributed by atoms with Crippen molar-refractivity contribution in [2.45, 2.75) is 38.1 Å². The van der Waals surface area contributed by atoms with Crippen molar-refractivity contribution in [2.75, 3.05) is 17.2 Å². The smallest absolute Gasteiger partial charge is 0.0583 e. The van der Waals surface area contributed by atoms with Crippen LogP contribution in [0.3, 0.4) is 0 Å². The predicted molar refractivity (Wildman–Crippen MR) is 64.5 cm³/mol. The highest BCUT2D eigenvalue weighted by molar-refractivity contribution is 5.73. The molecule has 1 aromatic rings. The van der Waals surface area contributed by atoms with Crippen LogP contribution >= 0.6 is 0 Å². The Labute approximate surface area is 91.1 Å². The maximum Gasteiger partial charge on any atom is 0.0583 e. The summed E-state index contributed by atoms with van der Waals surface area (Å²) < 4.78 is 0. The Kier molecular flexibility index (Phi) is 1.91. The van der Waals surface area contributed by atoms with Gasteiger partial charge in [-0.15, -0.1) is 0 Å². The topological polar surface area (TPSA) is 24.1 Å². The van der Waals surface area contributed by atoms with Crippen LogP contribution in [-0.4, -0.2) is 12.1 Å². The quantitative estimate of drug-likeness (QED) is 0.675. The van der Waals surface area contributed by atoms with Gasteiger partial charge in [-0.05, 0) is 37.5 Å². The van der Waals surface area contributed by atoms with Crippen LogP contribution in [0.5, 0.6) is 0 Å². The van der Waals surface area contributed by atoms with Gasteiger partial charge in [0.1, 0.15) is 0 Å². The SMILES string of the molecule is Cc1ccc2c(c1)NC1(CCCC1)CN2. The maximum atomic E-state index is 3.75. The Balaban J connectivity index is 1.94. The van der Waals surface area contributed by atoms with Gasteiger partial charge in [-0.3, -0.25) is 0 Å². The van der Waals surface area contributed by atoms with Crippen LogP contribution in [0.15, 0.2) is 18.2 Å². The lowest BCUT2D eigenvalue weighted by Crippen LogP contribution is -2.45. The molecule has 15 heavy (non-hydrogen) atoms. The van der Waals surface area contributed by atoms with Gasteiger partial charge in [0, 0.05) is 6.54 Å². The zero-order valence-electron chi connectivity index (χ0n) is 9.27. The first-order valence-corrected chi connectivity index (χ1v) is 5.90. The molecule has 0 saturated heterocycles. The molecule has 1 fully saturated rings. The second-order valence-electron chi connectivity index (χ2n) is 5.02. The number of anilines is 2. The average molecular weight is 202 g/mol. The van der Waals surface area contributed by atoms with Crippen LogP contribution in [-0.2, 0) is 0 Å². The first-order chi connectivity index (χ1) is 7.27. The van der Waals surface area contributed by atoms with E-state index in [1.54, 1.807) is 0 Å². The summed E-state index contributed by atoms with van der Waals surface area (Å²) in [5.41, 5.74) is 4.24. The monoisotopic (exact) mass is 202 g/mol. The Bertz CT molecular complexity index is 378. The molecule has 0 bridgehead atoms. The molecule has 2 aliphatic rings. The highest BCUT2D eigenvalue weighted by Crippen LogP contribution is 2.39. The molecule has 0 atom stereocenters. The summed E-state index contributed by atoms with van der Waals surface area (Å²) in [7, 11) is 0. The Hall–Kier alpha value is -1.18. The molecule has 80 valence electrons. The van der Waals surface area contributed by atoms with Gasteiger partial charge < -0.3 is 10.6 Å². The van der Waals surface area contributed by atoms with Crippen molar-refractivity contribution in [3.63, 3.8) is 0 Å². The molecule has 0 radical (unpaired) electrons. The standard InChI is InChI=1S/C13H18N2/c1-10-4-5-11-12(8-10)15-13(9-14-11)6-2-3-7-13/h4-5,8,14-15H,2-3,6-7,9H2,1H3. The Morgan fingerprint density at radius 3 is 2.73 bits per heavy atom. The number of benzene rings is 1. The molecule has 1 aliphatic heterocycles. The van der Waals surface area contributed by atoms with E-state index in [0.717, 1.165) is 6.54 Å². The molecule has 1 heterocycles. The fourth-order valence-electron chi connectivity index (χ4n) is 2.86. The van der Waals surface area contributed by atoms with Crippen molar-refractivity contribution in [3.8, 4) is 0 Å². The van der Waals surface area contributed by atoms with Crippen LogP contribution in [0, 0.1) is 6.92 Å². The van der Waals surface area contributed by atoms with Gasteiger partial charge in [0.25, 0.3) is 0 Å². The number of rotatable bonds is 0. The lowest BCUT2D eigenvalue weighted by atomic mass is 9.94. The van der Waals surface area contributed by atoms with E-state index in [4.69, 9.17) is 0 Å². The number of fused-ring (bicyclic) bond motifs is 1. The Morgan fingerprint density at radius 2 is 1.93 bits per heavy atom. The van der Waals surface area contributed by atoms with E-state index in [0.29, 0.717) is 5.54 Å². The van der Waals surface area contributed by atoms with Crippen LogP contribution in [0.25, 0.3) is 0 Å². The number of hydrogen-bond donors (Lipinski definition) is 2. The largest absolute Gasteiger partial charge is 0.381 e. The fourth-order valence-corrected chi connectivity index (χ4v) is 2.86. The Morgan fingerprint density at radius 1 is 1.13 bits per heavy atom. The lowest BCUT2D eigenvalue weighted by molar-refractivity contribution is 0.500. The van der Waals surface area contributed by atoms with Crippen molar-refractivity contribution >= 4 is 11.4 Å². The predicted octanol–water partition coefficient (Wildman–Crippen LogP) is 3.15. The van der Waals surface area contributed by atoms with E-state index in [1.807, 2.05) is 0 Å². The third-order valence-electron chi connectivity index (χ3n) is 3.75. The molecule has 2 nitrogen and oxygen atoms in total. The van der Waals surface area contributed by atoms with Crippen LogP contribution in [0.4, 0.5) is 11.4 Å². The van der Waals surface area contributed by atoms with Gasteiger partial charge in [-0.1, -0.05) is 18.9 Å². The molecule has 0 unspecified atom stereocenters. The van der Waals surface area contributed by atoms with Crippen molar-refractivity contribution < 1.29 is 0 Å². The second-order valence-corrected chi connectivity index (χ2v) is 5.02. The average Bonchev–Trinajstić information content (AvgIpc) is 2.66. The van der Waals surface area contributed by atoms with Crippen LogP contribution in [0.1, 0.15) is 31.2 Å². The summed E-state index contributed by atoms with van der Waals surface area (Å²) >= 11 is 0. The fraction of sp³-hybridized carbons (Fsp3) is 0.538. The molecule has 0 amide bonds. The van der Waals surface area contributed by atoms with Gasteiger partial charge in [-0.25, -0.2) is 0 Å². The normalized spacial score (nSPS) is 21.9. The van der Waals surface area contributed by atoms with E-state index in [9.17, 15) is 0 Å². The molecular weight excluding hydrogens is 184 g/mol. The van der Waals surface area contributed by atoms with E-state index in [-0.39, 0.29) is 0 Å². The summed E-state index contributed by atoms with van der Waals surface area (Å²) in [6.45, 7) is 3.24. The zero-order chi connectivity index (χ0) is 10.3. The van der Waals surface area contributed by atoms with Crippen LogP contribution in [0.2, 0.25) is 0 Å². The van der Waals surface area contributed by atoms with Crippen molar-refractivity contribution in [2.24, 2.45) is 0 Å². The van der Waals surface area contributed by atoms with Crippen molar-refractivity contribution in [1.82, 2.24) is 0 Å². The number of aryl methyl sites for hydroxylation is 1. The van der Waals surface area contributed by atoms with Crippen LogP contribution < -0.4 is 10.6 Å². The summed E-state index contributed by atoms with van der Waals surface area (Å²) in [6.07, 6.45) is 5.37. The molecule has 2 heteroatoms. The minimum atomic E-state index is 0.348. The first-order valence-electron chi connectivity index (χ1n) is 5.90. The molecule has 1 saturated carbocycles. The van der Waals surface area contributed by atoms with Gasteiger partial charge in [0.2, 0.25) is 0 Å². The van der Waals surface area contributed by atoms with Crippen molar-refractivity contribution in [3.05, 3.63) is 23.8 Å². The first kappa shape index (κ1) is 9.08. The number of hydrogen-bond acceptors (Lipinski definition) is 2. The molecule has 1 aliphatic carbocycles. The minimum Gasteiger partial charge on any atom is -0.381 e. The minimum absolute atomic E-state index is 0.348. The maximum absolute atomic E-state index is 3.75. The number of nitrogens with one attached hydrogen (secondary N) is 2. The second kappa shape index (κ2) is 3.16. The molecule has 0 aromatic heterocycles. The van der Waals surface area contributed by atoms with E-state index in [2.05, 4.69) is 35.8 Å². The molecule has 3 rings (SSSR count). The van der Waals surface area contributed by atoms with E-state index in [1.165, 1.54) is 42.6 Å². The summed E-state index contributed by atoms with van der Waals surface area (Å²) in [5, 5.41) is 7.31. The van der Waals surface area contributed by atoms with E-state index < -0.39 is 0 Å². The summed E-state index contributed by atoms with van der Waals surface area (Å²) in [6, 6.07) is 6.60. The summed E-state index contributed by atoms with van der Waals surface area (Å²) in [5.74, 6) is 0. The van der Waals surface area contributed by atoms with Gasteiger partial charge in [0.15, 0.2) is 0 Å². The highest BCUT2D eigenvalue weighted by atomic mass is 15.1. The highest BCUT2D eigenvalue weighted by Gasteiger charge is 2.36. The van der Waals surface area contributed by atoms with Gasteiger partial charge in [-0.2, -0.15) is 0 Å². The zero-order valence-corrected chi connectivity index (χ0v) is 9.27. The third kappa shape index (κ3) is 1.48. The molecule has 1 spiro atoms. The van der Waals surface area contributed by atoms with Gasteiger partial charge >= 0.3 is 0 Å². The molecule has 1 aromatic carbocycles. The van der Waals surface area contributed by atoms with E-state index >= 15 is 0 Å². The third-order valence-corrected chi connectivity index (χ3v) is 3.75. The molecular formula is C13H18N2. The summed E-state index contributed by atoms with van der Waals surface area (Å²) in [4.78, 5) is 0. The van der Waals surface area contributed by atoms with Crippen molar-refractivity contribution in [1.29, 1.82) is 0 Å². The molecule has 2 N–H and O–H groups in total. The van der Waals surface area contributed by atoms with Gasteiger partial charge in [0.05, 0.1) is 16.9 Å². The lowest BCUT2D eigenvalue weighted by Gasteiger charge is -2.37.